The molecule has 3 aromatic rings. The third kappa shape index (κ3) is 5.37. The number of thiazole rings is 1. The second kappa shape index (κ2) is 10.2. The van der Waals surface area contributed by atoms with Gasteiger partial charge < -0.3 is 4.74 Å². The summed E-state index contributed by atoms with van der Waals surface area (Å²) < 4.78 is 32.5. The Balaban J connectivity index is 1.60. The number of hydrogen-bond acceptors (Lipinski definition) is 6. The van der Waals surface area contributed by atoms with E-state index in [4.69, 9.17) is 9.72 Å². The fraction of sp³-hybridized carbons (Fsp3) is 0.417. The van der Waals surface area contributed by atoms with Crippen molar-refractivity contribution in [3.05, 3.63) is 54.1 Å². The van der Waals surface area contributed by atoms with Crippen LogP contribution in [0.25, 0.3) is 10.2 Å². The van der Waals surface area contributed by atoms with Crippen LogP contribution in [0.1, 0.15) is 32.3 Å². The van der Waals surface area contributed by atoms with Crippen molar-refractivity contribution in [1.29, 1.82) is 0 Å². The van der Waals surface area contributed by atoms with Crippen molar-refractivity contribution < 1.29 is 17.9 Å². The molecule has 1 aliphatic rings. The summed E-state index contributed by atoms with van der Waals surface area (Å²) in [5, 5.41) is 0.649. The van der Waals surface area contributed by atoms with E-state index < -0.39 is 10.0 Å². The van der Waals surface area contributed by atoms with Crippen LogP contribution in [0.3, 0.4) is 0 Å². The van der Waals surface area contributed by atoms with Crippen molar-refractivity contribution in [2.45, 2.75) is 33.2 Å². The number of sulfonamides is 1. The van der Waals surface area contributed by atoms with Crippen molar-refractivity contribution in [1.82, 2.24) is 9.29 Å². The molecule has 1 aromatic heterocycles. The summed E-state index contributed by atoms with van der Waals surface area (Å²) in [6.45, 7) is 5.36. The Morgan fingerprint density at radius 1 is 1.15 bits per heavy atom. The number of rotatable bonds is 8. The highest BCUT2D eigenvalue weighted by molar-refractivity contribution is 7.89. The molecule has 1 saturated heterocycles. The first-order valence-corrected chi connectivity index (χ1v) is 13.7. The van der Waals surface area contributed by atoms with Crippen LogP contribution in [0, 0.1) is 5.92 Å². The molecule has 1 amide bonds. The highest BCUT2D eigenvalue weighted by atomic mass is 32.2. The molecule has 7 nitrogen and oxygen atoms in total. The van der Waals surface area contributed by atoms with Crippen LogP contribution >= 0.6 is 11.3 Å². The normalized spacial score (nSPS) is 15.6. The standard InChI is InChI=1S/C24H29N3O4S2/c1-3-31-20-10-11-21-22(16-20)32-24(25-21)27(17-18-8-6-5-7-9-18)23(28)19-12-14-26(15-13-19)33(29,30)4-2/h5-11,16,19H,3-4,12-15,17H2,1-2H3. The monoisotopic (exact) mass is 487 g/mol. The van der Waals surface area contributed by atoms with Crippen molar-refractivity contribution in [2.24, 2.45) is 5.92 Å². The molecule has 0 radical (unpaired) electrons. The number of carbonyl (C=O) groups excluding carboxylic acids is 1. The summed E-state index contributed by atoms with van der Waals surface area (Å²) in [7, 11) is -3.23. The van der Waals surface area contributed by atoms with Crippen LogP contribution in [-0.4, -0.2) is 49.1 Å². The Hall–Kier alpha value is -2.49. The molecule has 1 fully saturated rings. The highest BCUT2D eigenvalue weighted by Crippen LogP contribution is 2.34. The molecule has 33 heavy (non-hydrogen) atoms. The van der Waals surface area contributed by atoms with E-state index in [1.54, 1.807) is 11.8 Å². The van der Waals surface area contributed by atoms with Gasteiger partial charge >= 0.3 is 0 Å². The molecule has 0 unspecified atom stereocenters. The lowest BCUT2D eigenvalue weighted by Gasteiger charge is -2.32. The molecule has 176 valence electrons. The number of ether oxygens (including phenoxy) is 1. The van der Waals surface area contributed by atoms with Gasteiger partial charge in [-0.1, -0.05) is 41.7 Å². The number of nitrogens with zero attached hydrogens (tertiary/aromatic N) is 3. The van der Waals surface area contributed by atoms with E-state index in [1.165, 1.54) is 15.6 Å². The molecule has 0 aliphatic carbocycles. The lowest BCUT2D eigenvalue weighted by Crippen LogP contribution is -2.44. The lowest BCUT2D eigenvalue weighted by atomic mass is 9.96. The van der Waals surface area contributed by atoms with E-state index in [0.29, 0.717) is 44.2 Å². The maximum atomic E-state index is 13.7. The van der Waals surface area contributed by atoms with Gasteiger partial charge in [0.05, 0.1) is 29.1 Å². The van der Waals surface area contributed by atoms with Gasteiger partial charge in [0.25, 0.3) is 0 Å². The number of carbonyl (C=O) groups is 1. The molecular formula is C24H29N3O4S2. The van der Waals surface area contributed by atoms with Gasteiger partial charge in [0.2, 0.25) is 15.9 Å². The van der Waals surface area contributed by atoms with E-state index in [1.807, 2.05) is 55.5 Å². The second-order valence-corrected chi connectivity index (χ2v) is 11.3. The zero-order valence-electron chi connectivity index (χ0n) is 18.9. The Labute approximate surface area is 199 Å². The van der Waals surface area contributed by atoms with Gasteiger partial charge in [0.15, 0.2) is 5.13 Å². The minimum atomic E-state index is -3.23. The van der Waals surface area contributed by atoms with E-state index in [0.717, 1.165) is 21.5 Å². The molecular weight excluding hydrogens is 458 g/mol. The van der Waals surface area contributed by atoms with Crippen molar-refractivity contribution in [2.75, 3.05) is 30.3 Å². The summed E-state index contributed by atoms with van der Waals surface area (Å²) in [6.07, 6.45) is 1.03. The minimum absolute atomic E-state index is 0.00325. The van der Waals surface area contributed by atoms with Gasteiger partial charge in [0.1, 0.15) is 5.75 Å². The third-order valence-corrected chi connectivity index (χ3v) is 8.82. The van der Waals surface area contributed by atoms with E-state index in [9.17, 15) is 13.2 Å². The Morgan fingerprint density at radius 3 is 2.55 bits per heavy atom. The summed E-state index contributed by atoms with van der Waals surface area (Å²) >= 11 is 1.47. The molecule has 2 heterocycles. The van der Waals surface area contributed by atoms with E-state index in [2.05, 4.69) is 0 Å². The number of piperidine rings is 1. The Morgan fingerprint density at radius 2 is 1.88 bits per heavy atom. The van der Waals surface area contributed by atoms with Crippen molar-refractivity contribution in [3.63, 3.8) is 0 Å². The predicted molar refractivity (Wildman–Crippen MR) is 132 cm³/mol. The molecule has 0 N–H and O–H groups in total. The largest absolute Gasteiger partial charge is 0.494 e. The lowest BCUT2D eigenvalue weighted by molar-refractivity contribution is -0.123. The van der Waals surface area contributed by atoms with Crippen molar-refractivity contribution in [3.8, 4) is 5.75 Å². The number of hydrogen-bond donors (Lipinski definition) is 0. The number of fused-ring (bicyclic) bond motifs is 1. The zero-order valence-corrected chi connectivity index (χ0v) is 20.6. The maximum absolute atomic E-state index is 13.7. The quantitative estimate of drug-likeness (QED) is 0.474. The predicted octanol–water partition coefficient (Wildman–Crippen LogP) is 4.29. The molecule has 0 spiro atoms. The molecule has 2 aromatic carbocycles. The highest BCUT2D eigenvalue weighted by Gasteiger charge is 2.33. The molecule has 9 heteroatoms. The van der Waals surface area contributed by atoms with Gasteiger partial charge in [-0.2, -0.15) is 0 Å². The van der Waals surface area contributed by atoms with Crippen LogP contribution in [-0.2, 0) is 21.4 Å². The fourth-order valence-electron chi connectivity index (χ4n) is 4.05. The van der Waals surface area contributed by atoms with Gasteiger partial charge in [-0.05, 0) is 50.5 Å². The second-order valence-electron chi connectivity index (χ2n) is 8.04. The number of amides is 1. The first kappa shape index (κ1) is 23.7. The summed E-state index contributed by atoms with van der Waals surface area (Å²) in [6, 6.07) is 15.6. The summed E-state index contributed by atoms with van der Waals surface area (Å²) in [5.41, 5.74) is 1.85. The van der Waals surface area contributed by atoms with E-state index >= 15 is 0 Å². The topological polar surface area (TPSA) is 79.8 Å². The van der Waals surface area contributed by atoms with Crippen LogP contribution < -0.4 is 9.64 Å². The summed E-state index contributed by atoms with van der Waals surface area (Å²) in [5.74, 6) is 0.631. The Kier molecular flexibility index (Phi) is 7.31. The molecule has 0 atom stereocenters. The molecule has 1 aliphatic heterocycles. The maximum Gasteiger partial charge on any atom is 0.232 e. The average Bonchev–Trinajstić information content (AvgIpc) is 3.26. The van der Waals surface area contributed by atoms with Gasteiger partial charge in [-0.25, -0.2) is 17.7 Å². The minimum Gasteiger partial charge on any atom is -0.494 e. The number of aromatic nitrogens is 1. The molecule has 4 rings (SSSR count). The van der Waals surface area contributed by atoms with Crippen LogP contribution in [0.5, 0.6) is 5.75 Å². The number of benzene rings is 2. The van der Waals surface area contributed by atoms with Crippen LogP contribution in [0.15, 0.2) is 48.5 Å². The van der Waals surface area contributed by atoms with Crippen LogP contribution in [0.2, 0.25) is 0 Å². The average molecular weight is 488 g/mol. The molecule has 0 bridgehead atoms. The first-order valence-electron chi connectivity index (χ1n) is 11.3. The smallest absolute Gasteiger partial charge is 0.232 e. The SMILES string of the molecule is CCOc1ccc2nc(N(Cc3ccccc3)C(=O)C3CCN(S(=O)(=O)CC)CC3)sc2c1. The molecule has 0 saturated carbocycles. The third-order valence-electron chi connectivity index (χ3n) is 5.90. The fourth-order valence-corrected chi connectivity index (χ4v) is 6.19. The van der Waals surface area contributed by atoms with E-state index in [-0.39, 0.29) is 17.6 Å². The Bertz CT molecular complexity index is 1200. The van der Waals surface area contributed by atoms with Gasteiger partial charge in [-0.3, -0.25) is 9.69 Å². The van der Waals surface area contributed by atoms with Gasteiger partial charge in [-0.15, -0.1) is 0 Å². The van der Waals surface area contributed by atoms with Gasteiger partial charge in [0, 0.05) is 19.0 Å². The first-order chi connectivity index (χ1) is 15.9. The number of anilines is 1. The van der Waals surface area contributed by atoms with Crippen LogP contribution in [0.4, 0.5) is 5.13 Å². The van der Waals surface area contributed by atoms with Crippen molar-refractivity contribution >= 4 is 42.6 Å². The zero-order chi connectivity index (χ0) is 23.4. The summed E-state index contributed by atoms with van der Waals surface area (Å²) in [4.78, 5) is 20.2.